The summed E-state index contributed by atoms with van der Waals surface area (Å²) in [5.41, 5.74) is 0.947. The molecule has 108 valence electrons. The molecule has 0 saturated heterocycles. The summed E-state index contributed by atoms with van der Waals surface area (Å²) in [6, 6.07) is 14.0. The van der Waals surface area contributed by atoms with Gasteiger partial charge in [0.15, 0.2) is 0 Å². The Labute approximate surface area is 116 Å². The first-order chi connectivity index (χ1) is 9.44. The molecule has 1 nitrogen and oxygen atoms in total. The molecule has 0 bridgehead atoms. The van der Waals surface area contributed by atoms with Crippen LogP contribution in [0.15, 0.2) is 42.5 Å². The first kappa shape index (κ1) is 14.7. The summed E-state index contributed by atoms with van der Waals surface area (Å²) < 4.78 is 36.3. The lowest BCUT2D eigenvalue weighted by atomic mass is 10.1. The Bertz CT molecular complexity index is 563. The lowest BCUT2D eigenvalue weighted by Crippen LogP contribution is -2.16. The van der Waals surface area contributed by atoms with Crippen molar-refractivity contribution in [3.05, 3.63) is 42.5 Å². The number of fused-ring (bicyclic) bond motifs is 1. The Morgan fingerprint density at radius 2 is 1.75 bits per heavy atom. The third-order valence-corrected chi connectivity index (χ3v) is 3.26. The largest absolute Gasteiger partial charge is 0.389 e. The van der Waals surface area contributed by atoms with E-state index in [4.69, 9.17) is 0 Å². The fraction of sp³-hybridized carbons (Fsp3) is 0.375. The van der Waals surface area contributed by atoms with Crippen molar-refractivity contribution in [1.82, 2.24) is 0 Å². The van der Waals surface area contributed by atoms with Crippen molar-refractivity contribution in [2.75, 3.05) is 5.32 Å². The molecule has 1 atom stereocenters. The number of alkyl halides is 3. The maximum absolute atomic E-state index is 12.1. The molecule has 20 heavy (non-hydrogen) atoms. The van der Waals surface area contributed by atoms with Crippen molar-refractivity contribution in [3.63, 3.8) is 0 Å². The summed E-state index contributed by atoms with van der Waals surface area (Å²) in [6.07, 6.45) is -4.10. The van der Waals surface area contributed by atoms with Gasteiger partial charge in [-0.1, -0.05) is 30.3 Å². The highest BCUT2D eigenvalue weighted by Gasteiger charge is 2.26. The third-order valence-electron chi connectivity index (χ3n) is 3.26. The Morgan fingerprint density at radius 3 is 2.45 bits per heavy atom. The summed E-state index contributed by atoms with van der Waals surface area (Å²) in [5.74, 6) is 0. The van der Waals surface area contributed by atoms with E-state index in [1.54, 1.807) is 0 Å². The van der Waals surface area contributed by atoms with Crippen molar-refractivity contribution in [3.8, 4) is 0 Å². The minimum atomic E-state index is -4.05. The van der Waals surface area contributed by atoms with Crippen molar-refractivity contribution in [1.29, 1.82) is 0 Å². The molecule has 1 N–H and O–H groups in total. The first-order valence-corrected chi connectivity index (χ1v) is 6.76. The van der Waals surface area contributed by atoms with E-state index in [1.165, 1.54) is 0 Å². The molecular weight excluding hydrogens is 263 g/mol. The SMILES string of the molecule is CC(CCCC(F)(F)F)Nc1ccc2ccccc2c1. The van der Waals surface area contributed by atoms with Gasteiger partial charge in [0.25, 0.3) is 0 Å². The second kappa shape index (κ2) is 6.16. The van der Waals surface area contributed by atoms with E-state index >= 15 is 0 Å². The van der Waals surface area contributed by atoms with Gasteiger partial charge < -0.3 is 5.32 Å². The van der Waals surface area contributed by atoms with Crippen LogP contribution in [0.3, 0.4) is 0 Å². The number of anilines is 1. The smallest absolute Gasteiger partial charge is 0.383 e. The second-order valence-corrected chi connectivity index (χ2v) is 5.11. The van der Waals surface area contributed by atoms with E-state index in [-0.39, 0.29) is 12.5 Å². The summed E-state index contributed by atoms with van der Waals surface area (Å²) in [4.78, 5) is 0. The van der Waals surface area contributed by atoms with Crippen LogP contribution in [0.2, 0.25) is 0 Å². The lowest BCUT2D eigenvalue weighted by molar-refractivity contribution is -0.135. The molecule has 0 radical (unpaired) electrons. The highest BCUT2D eigenvalue weighted by Crippen LogP contribution is 2.24. The molecular formula is C16H18F3N. The van der Waals surface area contributed by atoms with E-state index in [2.05, 4.69) is 5.32 Å². The molecule has 0 aliphatic heterocycles. The highest BCUT2D eigenvalue weighted by atomic mass is 19.4. The predicted molar refractivity (Wildman–Crippen MR) is 76.9 cm³/mol. The van der Waals surface area contributed by atoms with Crippen molar-refractivity contribution in [2.45, 2.75) is 38.4 Å². The van der Waals surface area contributed by atoms with Gasteiger partial charge in [-0.25, -0.2) is 0 Å². The lowest BCUT2D eigenvalue weighted by Gasteiger charge is -2.16. The molecule has 0 spiro atoms. The molecule has 0 saturated carbocycles. The zero-order valence-corrected chi connectivity index (χ0v) is 11.4. The average molecular weight is 281 g/mol. The minimum absolute atomic E-state index is 0.0264. The summed E-state index contributed by atoms with van der Waals surface area (Å²) in [7, 11) is 0. The van der Waals surface area contributed by atoms with E-state index < -0.39 is 12.6 Å². The van der Waals surface area contributed by atoms with E-state index in [0.29, 0.717) is 6.42 Å². The minimum Gasteiger partial charge on any atom is -0.383 e. The summed E-state index contributed by atoms with van der Waals surface area (Å²) in [5, 5.41) is 5.53. The van der Waals surface area contributed by atoms with Gasteiger partial charge in [-0.2, -0.15) is 13.2 Å². The van der Waals surface area contributed by atoms with Crippen LogP contribution in [-0.4, -0.2) is 12.2 Å². The molecule has 0 aromatic heterocycles. The van der Waals surface area contributed by atoms with Crippen LogP contribution in [0.1, 0.15) is 26.2 Å². The molecule has 0 heterocycles. The van der Waals surface area contributed by atoms with Gasteiger partial charge in [0, 0.05) is 18.2 Å². The van der Waals surface area contributed by atoms with Gasteiger partial charge in [-0.05, 0) is 42.7 Å². The zero-order valence-electron chi connectivity index (χ0n) is 11.4. The quantitative estimate of drug-likeness (QED) is 0.776. The number of rotatable bonds is 5. The number of hydrogen-bond donors (Lipinski definition) is 1. The number of nitrogens with one attached hydrogen (secondary N) is 1. The topological polar surface area (TPSA) is 12.0 Å². The number of hydrogen-bond acceptors (Lipinski definition) is 1. The first-order valence-electron chi connectivity index (χ1n) is 6.76. The van der Waals surface area contributed by atoms with Crippen LogP contribution >= 0.6 is 0 Å². The summed E-state index contributed by atoms with van der Waals surface area (Å²) >= 11 is 0. The second-order valence-electron chi connectivity index (χ2n) is 5.11. The van der Waals surface area contributed by atoms with Crippen LogP contribution in [0.5, 0.6) is 0 Å². The molecule has 0 fully saturated rings. The Kier molecular flexibility index (Phi) is 4.53. The molecule has 2 rings (SSSR count). The van der Waals surface area contributed by atoms with E-state index in [0.717, 1.165) is 16.5 Å². The molecule has 0 aliphatic carbocycles. The molecule has 1 unspecified atom stereocenters. The molecule has 2 aromatic rings. The maximum Gasteiger partial charge on any atom is 0.389 e. The Hall–Kier alpha value is -1.71. The summed E-state index contributed by atoms with van der Waals surface area (Å²) in [6.45, 7) is 1.91. The fourth-order valence-corrected chi connectivity index (χ4v) is 2.24. The van der Waals surface area contributed by atoms with E-state index in [1.807, 2.05) is 49.4 Å². The van der Waals surface area contributed by atoms with Gasteiger partial charge in [0.1, 0.15) is 0 Å². The van der Waals surface area contributed by atoms with Crippen LogP contribution < -0.4 is 5.32 Å². The Morgan fingerprint density at radius 1 is 1.05 bits per heavy atom. The van der Waals surface area contributed by atoms with E-state index in [9.17, 15) is 13.2 Å². The normalized spacial score (nSPS) is 13.4. The Balaban J connectivity index is 1.91. The van der Waals surface area contributed by atoms with Crippen molar-refractivity contribution >= 4 is 16.5 Å². The van der Waals surface area contributed by atoms with Crippen molar-refractivity contribution < 1.29 is 13.2 Å². The predicted octanol–water partition coefficient (Wildman–Crippen LogP) is 5.37. The zero-order chi connectivity index (χ0) is 14.6. The monoisotopic (exact) mass is 281 g/mol. The maximum atomic E-state index is 12.1. The fourth-order valence-electron chi connectivity index (χ4n) is 2.24. The molecule has 2 aromatic carbocycles. The van der Waals surface area contributed by atoms with Crippen molar-refractivity contribution in [2.24, 2.45) is 0 Å². The molecule has 4 heteroatoms. The third kappa shape index (κ3) is 4.44. The number of halogens is 3. The van der Waals surface area contributed by atoms with Gasteiger partial charge >= 0.3 is 6.18 Å². The van der Waals surface area contributed by atoms with Crippen LogP contribution in [0.4, 0.5) is 18.9 Å². The highest BCUT2D eigenvalue weighted by molar-refractivity contribution is 5.85. The van der Waals surface area contributed by atoms with Gasteiger partial charge in [0.05, 0.1) is 0 Å². The molecule has 0 aliphatic rings. The standard InChI is InChI=1S/C16H18F3N/c1-12(5-4-10-16(17,18)19)20-15-9-8-13-6-2-3-7-14(13)11-15/h2-3,6-9,11-12,20H,4-5,10H2,1H3. The van der Waals surface area contributed by atoms with Crippen LogP contribution in [0.25, 0.3) is 10.8 Å². The number of benzene rings is 2. The average Bonchev–Trinajstić information content (AvgIpc) is 2.37. The van der Waals surface area contributed by atoms with Crippen LogP contribution in [-0.2, 0) is 0 Å². The van der Waals surface area contributed by atoms with Gasteiger partial charge in [0.2, 0.25) is 0 Å². The van der Waals surface area contributed by atoms with Gasteiger partial charge in [-0.3, -0.25) is 0 Å². The van der Waals surface area contributed by atoms with Crippen LogP contribution in [0, 0.1) is 0 Å². The van der Waals surface area contributed by atoms with Gasteiger partial charge in [-0.15, -0.1) is 0 Å². The molecule has 0 amide bonds.